The van der Waals surface area contributed by atoms with E-state index in [2.05, 4.69) is 5.32 Å². The number of rotatable bonds is 10. The van der Waals surface area contributed by atoms with Crippen LogP contribution in [-0.4, -0.2) is 35.4 Å². The Morgan fingerprint density at radius 2 is 1.80 bits per heavy atom. The van der Waals surface area contributed by atoms with E-state index in [1.807, 2.05) is 52.0 Å². The molecule has 0 fully saturated rings. The second-order valence-electron chi connectivity index (χ2n) is 7.50. The number of hydrogen-bond donors (Lipinski definition) is 1. The molecule has 0 heterocycles. The summed E-state index contributed by atoms with van der Waals surface area (Å²) in [5, 5.41) is 3.60. The molecule has 0 unspecified atom stereocenters. The molecule has 0 aliphatic carbocycles. The average molecular weight is 431 g/mol. The minimum absolute atomic E-state index is 0.0489. The highest BCUT2D eigenvalue weighted by Crippen LogP contribution is 2.17. The third kappa shape index (κ3) is 7.06. The minimum Gasteiger partial charge on any atom is -0.484 e. The molecule has 2 atom stereocenters. The summed E-state index contributed by atoms with van der Waals surface area (Å²) in [7, 11) is 0. The van der Waals surface area contributed by atoms with Crippen molar-refractivity contribution in [1.82, 2.24) is 10.2 Å². The number of ether oxygens (including phenoxy) is 1. The fourth-order valence-electron chi connectivity index (χ4n) is 3.13. The molecule has 0 aromatic heterocycles. The molecule has 2 aromatic carbocycles. The van der Waals surface area contributed by atoms with Crippen molar-refractivity contribution in [2.45, 2.75) is 59.2 Å². The summed E-state index contributed by atoms with van der Waals surface area (Å²) in [6.45, 7) is 8.09. The van der Waals surface area contributed by atoms with E-state index < -0.39 is 6.04 Å². The van der Waals surface area contributed by atoms with Crippen LogP contribution in [0.2, 0.25) is 5.02 Å². The Morgan fingerprint density at radius 1 is 1.10 bits per heavy atom. The maximum atomic E-state index is 13.1. The van der Waals surface area contributed by atoms with Gasteiger partial charge in [-0.25, -0.2) is 0 Å². The Morgan fingerprint density at radius 3 is 2.40 bits per heavy atom. The molecule has 0 bridgehead atoms. The predicted molar refractivity (Wildman–Crippen MR) is 121 cm³/mol. The van der Waals surface area contributed by atoms with E-state index in [4.69, 9.17) is 16.3 Å². The first kappa shape index (κ1) is 23.7. The van der Waals surface area contributed by atoms with Crippen molar-refractivity contribution in [3.63, 3.8) is 0 Å². The highest BCUT2D eigenvalue weighted by atomic mass is 35.5. The lowest BCUT2D eigenvalue weighted by Gasteiger charge is -2.31. The van der Waals surface area contributed by atoms with Crippen molar-refractivity contribution in [2.24, 2.45) is 0 Å². The molecule has 5 nitrogen and oxygen atoms in total. The molecule has 0 aliphatic rings. The van der Waals surface area contributed by atoms with Crippen molar-refractivity contribution >= 4 is 23.4 Å². The smallest absolute Gasteiger partial charge is 0.261 e. The van der Waals surface area contributed by atoms with Gasteiger partial charge < -0.3 is 15.0 Å². The zero-order chi connectivity index (χ0) is 22.1. The van der Waals surface area contributed by atoms with Gasteiger partial charge in [0.1, 0.15) is 11.8 Å². The number of carbonyl (C=O) groups is 2. The third-order valence-corrected chi connectivity index (χ3v) is 5.25. The van der Waals surface area contributed by atoms with Gasteiger partial charge in [0.15, 0.2) is 6.61 Å². The molecule has 162 valence electrons. The Bertz CT molecular complexity index is 839. The molecule has 2 rings (SSSR count). The van der Waals surface area contributed by atoms with E-state index in [1.165, 1.54) is 0 Å². The number of hydrogen-bond acceptors (Lipinski definition) is 3. The van der Waals surface area contributed by atoms with Crippen molar-refractivity contribution in [2.75, 3.05) is 6.61 Å². The van der Waals surface area contributed by atoms with Gasteiger partial charge in [0.25, 0.3) is 5.91 Å². The van der Waals surface area contributed by atoms with Crippen LogP contribution < -0.4 is 10.1 Å². The Hall–Kier alpha value is -2.53. The van der Waals surface area contributed by atoms with E-state index in [0.29, 0.717) is 23.7 Å². The number of nitrogens with zero attached hydrogens (tertiary/aromatic N) is 1. The molecule has 0 saturated carbocycles. The van der Waals surface area contributed by atoms with Crippen LogP contribution in [0.1, 0.15) is 44.7 Å². The normalized spacial score (nSPS) is 12.7. The van der Waals surface area contributed by atoms with Gasteiger partial charge in [0, 0.05) is 17.6 Å². The van der Waals surface area contributed by atoms with E-state index in [1.54, 1.807) is 29.2 Å². The summed E-state index contributed by atoms with van der Waals surface area (Å²) in [6.07, 6.45) is 1.34. The first-order valence-corrected chi connectivity index (χ1v) is 10.8. The summed E-state index contributed by atoms with van der Waals surface area (Å²) in [5.74, 6) is 0.178. The first-order valence-electron chi connectivity index (χ1n) is 10.4. The van der Waals surface area contributed by atoms with Crippen LogP contribution in [0.3, 0.4) is 0 Å². The van der Waals surface area contributed by atoms with Gasteiger partial charge in [-0.05, 0) is 56.5 Å². The lowest BCUT2D eigenvalue weighted by atomic mass is 10.1. The monoisotopic (exact) mass is 430 g/mol. The van der Waals surface area contributed by atoms with Crippen LogP contribution in [0, 0.1) is 6.92 Å². The van der Waals surface area contributed by atoms with E-state index in [0.717, 1.165) is 17.5 Å². The summed E-state index contributed by atoms with van der Waals surface area (Å²) >= 11 is 5.90. The molecule has 0 spiro atoms. The fourth-order valence-corrected chi connectivity index (χ4v) is 3.25. The van der Waals surface area contributed by atoms with Crippen LogP contribution in [-0.2, 0) is 16.1 Å². The first-order chi connectivity index (χ1) is 14.3. The van der Waals surface area contributed by atoms with Crippen molar-refractivity contribution in [1.29, 1.82) is 0 Å². The molecule has 0 saturated heterocycles. The summed E-state index contributed by atoms with van der Waals surface area (Å²) in [6, 6.07) is 14.3. The quantitative estimate of drug-likeness (QED) is 0.591. The van der Waals surface area contributed by atoms with Gasteiger partial charge in [0.2, 0.25) is 5.91 Å². The number of amides is 2. The highest BCUT2D eigenvalue weighted by molar-refractivity contribution is 6.30. The molecule has 6 heteroatoms. The van der Waals surface area contributed by atoms with Gasteiger partial charge in [-0.1, -0.05) is 55.3 Å². The lowest BCUT2D eigenvalue weighted by molar-refractivity contribution is -0.143. The zero-order valence-electron chi connectivity index (χ0n) is 18.2. The lowest BCUT2D eigenvalue weighted by Crippen LogP contribution is -2.51. The van der Waals surface area contributed by atoms with Gasteiger partial charge in [-0.15, -0.1) is 0 Å². The molecular weight excluding hydrogens is 400 g/mol. The zero-order valence-corrected chi connectivity index (χ0v) is 18.9. The molecule has 1 N–H and O–H groups in total. The van der Waals surface area contributed by atoms with Crippen molar-refractivity contribution < 1.29 is 14.3 Å². The second kappa shape index (κ2) is 11.6. The topological polar surface area (TPSA) is 58.6 Å². The number of nitrogens with one attached hydrogen (secondary N) is 1. The maximum absolute atomic E-state index is 13.1. The SMILES string of the molecule is CC[C@H](C)NC(=O)[C@H](CC)N(Cc1cccc(C)c1)C(=O)COc1ccc(Cl)cc1. The molecule has 0 aliphatic heterocycles. The third-order valence-electron chi connectivity index (χ3n) is 5.00. The van der Waals surface area contributed by atoms with Crippen LogP contribution in [0.5, 0.6) is 5.75 Å². The maximum Gasteiger partial charge on any atom is 0.261 e. The van der Waals surface area contributed by atoms with Gasteiger partial charge >= 0.3 is 0 Å². The second-order valence-corrected chi connectivity index (χ2v) is 7.93. The van der Waals surface area contributed by atoms with Crippen molar-refractivity contribution in [3.05, 3.63) is 64.7 Å². The Labute approximate surface area is 184 Å². The van der Waals surface area contributed by atoms with Crippen LogP contribution >= 0.6 is 11.6 Å². The highest BCUT2D eigenvalue weighted by Gasteiger charge is 2.29. The molecule has 2 aromatic rings. The molecular formula is C24H31ClN2O3. The Kier molecular flexibility index (Phi) is 9.18. The average Bonchev–Trinajstić information content (AvgIpc) is 2.72. The van der Waals surface area contributed by atoms with Gasteiger partial charge in [-0.3, -0.25) is 9.59 Å². The summed E-state index contributed by atoms with van der Waals surface area (Å²) in [4.78, 5) is 27.6. The van der Waals surface area contributed by atoms with E-state index >= 15 is 0 Å². The fraction of sp³-hybridized carbons (Fsp3) is 0.417. The number of benzene rings is 2. The summed E-state index contributed by atoms with van der Waals surface area (Å²) < 4.78 is 5.66. The van der Waals surface area contributed by atoms with E-state index in [9.17, 15) is 9.59 Å². The minimum atomic E-state index is -0.569. The summed E-state index contributed by atoms with van der Waals surface area (Å²) in [5.41, 5.74) is 2.08. The number of aryl methyl sites for hydroxylation is 1. The van der Waals surface area contributed by atoms with Crippen LogP contribution in [0.4, 0.5) is 0 Å². The van der Waals surface area contributed by atoms with Gasteiger partial charge in [0.05, 0.1) is 0 Å². The standard InChI is InChI=1S/C24H31ClN2O3/c1-5-18(4)26-24(29)22(6-2)27(15-19-9-7-8-17(3)14-19)23(28)16-30-21-12-10-20(25)11-13-21/h7-14,18,22H,5-6,15-16H2,1-4H3,(H,26,29)/t18-,22-/m0/s1. The number of halogens is 1. The molecule has 30 heavy (non-hydrogen) atoms. The number of carbonyl (C=O) groups excluding carboxylic acids is 2. The van der Waals surface area contributed by atoms with Gasteiger partial charge in [-0.2, -0.15) is 0 Å². The van der Waals surface area contributed by atoms with E-state index in [-0.39, 0.29) is 24.5 Å². The molecule has 2 amide bonds. The van der Waals surface area contributed by atoms with Crippen LogP contribution in [0.15, 0.2) is 48.5 Å². The Balaban J connectivity index is 2.20. The predicted octanol–water partition coefficient (Wildman–Crippen LogP) is 4.75. The largest absolute Gasteiger partial charge is 0.484 e. The van der Waals surface area contributed by atoms with Crippen LogP contribution in [0.25, 0.3) is 0 Å². The molecule has 0 radical (unpaired) electrons. The van der Waals surface area contributed by atoms with Crippen molar-refractivity contribution in [3.8, 4) is 5.75 Å².